The number of anilines is 2. The van der Waals surface area contributed by atoms with Crippen molar-refractivity contribution in [2.45, 2.75) is 6.92 Å². The summed E-state index contributed by atoms with van der Waals surface area (Å²) in [6, 6.07) is 0. The number of rotatable bonds is 1. The van der Waals surface area contributed by atoms with Gasteiger partial charge in [0.2, 0.25) is 0 Å². The van der Waals surface area contributed by atoms with Crippen LogP contribution in [0.4, 0.5) is 11.4 Å². The van der Waals surface area contributed by atoms with Crippen molar-refractivity contribution in [2.24, 2.45) is 0 Å². The Morgan fingerprint density at radius 2 is 1.30 bits per heavy atom. The minimum Gasteiger partial charge on any atom is -0.394 e. The van der Waals surface area contributed by atoms with Crippen LogP contribution in [0.15, 0.2) is 19.2 Å². The topological polar surface area (TPSA) is 104 Å². The van der Waals surface area contributed by atoms with Gasteiger partial charge < -0.3 is 11.5 Å². The Hall–Kier alpha value is -1.63. The lowest BCUT2D eigenvalue weighted by molar-refractivity contribution is 1.15. The largest absolute Gasteiger partial charge is 0.394 e. The molecule has 0 spiro atoms. The van der Waals surface area contributed by atoms with Crippen molar-refractivity contribution < 1.29 is 0 Å². The lowest BCUT2D eigenvalue weighted by Crippen LogP contribution is -1.97. The zero-order chi connectivity index (χ0) is 15.3. The molecule has 0 aliphatic carbocycles. The quantitative estimate of drug-likeness (QED) is 0.777. The molecule has 0 bridgehead atoms. The van der Waals surface area contributed by atoms with Crippen molar-refractivity contribution in [3.8, 4) is 0 Å². The van der Waals surface area contributed by atoms with Gasteiger partial charge in [0.15, 0.2) is 15.5 Å². The van der Waals surface area contributed by atoms with Crippen LogP contribution in [-0.4, -0.2) is 19.9 Å². The second-order valence-corrected chi connectivity index (χ2v) is 4.65. The summed E-state index contributed by atoms with van der Waals surface area (Å²) >= 11 is 16.5. The van der Waals surface area contributed by atoms with Gasteiger partial charge in [0, 0.05) is 0 Å². The Balaban J connectivity index is 0.000000204. The summed E-state index contributed by atoms with van der Waals surface area (Å²) in [5, 5.41) is 0.656. The highest BCUT2D eigenvalue weighted by molar-refractivity contribution is 6.37. The molecule has 0 unspecified atom stereocenters. The standard InChI is InChI=1S/C7H8ClN3.C4H3Cl2N3/c1-4(2)6-5(9)7(8)11-3-10-6;5-3-2(7)4(6)9-1-8-3/h3H,1,9H2,2H3;1H,7H2. The first-order valence-electron chi connectivity index (χ1n) is 5.18. The molecular formula is C11H11Cl3N6. The van der Waals surface area contributed by atoms with E-state index < -0.39 is 0 Å². The molecule has 0 saturated carbocycles. The highest BCUT2D eigenvalue weighted by atomic mass is 35.5. The Labute approximate surface area is 130 Å². The van der Waals surface area contributed by atoms with Crippen molar-refractivity contribution in [3.05, 3.63) is 40.4 Å². The maximum atomic E-state index is 5.64. The van der Waals surface area contributed by atoms with Crippen LogP contribution in [0.25, 0.3) is 5.57 Å². The van der Waals surface area contributed by atoms with Gasteiger partial charge >= 0.3 is 0 Å². The minimum atomic E-state index is 0.190. The molecule has 9 heteroatoms. The van der Waals surface area contributed by atoms with Crippen LogP contribution >= 0.6 is 34.8 Å². The number of nitrogens with zero attached hydrogens (tertiary/aromatic N) is 4. The van der Waals surface area contributed by atoms with E-state index in [0.717, 1.165) is 5.57 Å². The fraction of sp³-hybridized carbons (Fsp3) is 0.0909. The molecule has 0 atom stereocenters. The van der Waals surface area contributed by atoms with Crippen molar-refractivity contribution in [1.29, 1.82) is 0 Å². The smallest absolute Gasteiger partial charge is 0.156 e. The van der Waals surface area contributed by atoms with Gasteiger partial charge in [-0.05, 0) is 12.5 Å². The van der Waals surface area contributed by atoms with E-state index >= 15 is 0 Å². The Bertz CT molecular complexity index is 611. The molecule has 0 saturated heterocycles. The summed E-state index contributed by atoms with van der Waals surface area (Å²) in [4.78, 5) is 14.8. The van der Waals surface area contributed by atoms with E-state index in [4.69, 9.17) is 46.3 Å². The van der Waals surface area contributed by atoms with Gasteiger partial charge in [-0.3, -0.25) is 0 Å². The number of nitrogen functional groups attached to an aromatic ring is 2. The molecular weight excluding hydrogens is 323 g/mol. The fourth-order valence-corrected chi connectivity index (χ4v) is 1.52. The summed E-state index contributed by atoms with van der Waals surface area (Å²) in [5.74, 6) is 0. The van der Waals surface area contributed by atoms with E-state index in [1.54, 1.807) is 0 Å². The van der Waals surface area contributed by atoms with Gasteiger partial charge in [-0.25, -0.2) is 19.9 Å². The maximum Gasteiger partial charge on any atom is 0.156 e. The van der Waals surface area contributed by atoms with Crippen molar-refractivity contribution in [2.75, 3.05) is 11.5 Å². The third-order valence-electron chi connectivity index (χ3n) is 2.03. The molecule has 20 heavy (non-hydrogen) atoms. The molecule has 2 aromatic rings. The lowest BCUT2D eigenvalue weighted by Gasteiger charge is -2.02. The molecule has 0 fully saturated rings. The first-order chi connectivity index (χ1) is 9.34. The maximum absolute atomic E-state index is 5.64. The molecule has 0 aliphatic heterocycles. The molecule has 2 aromatic heterocycles. The van der Waals surface area contributed by atoms with Crippen molar-refractivity contribution >= 4 is 51.8 Å². The molecule has 0 aromatic carbocycles. The summed E-state index contributed by atoms with van der Waals surface area (Å²) in [7, 11) is 0. The molecule has 2 heterocycles. The van der Waals surface area contributed by atoms with Crippen LogP contribution < -0.4 is 11.5 Å². The Morgan fingerprint density at radius 3 is 1.65 bits per heavy atom. The average Bonchev–Trinajstić information content (AvgIpc) is 2.39. The zero-order valence-corrected chi connectivity index (χ0v) is 12.7. The number of halogens is 3. The molecule has 6 nitrogen and oxygen atoms in total. The first kappa shape index (κ1) is 16.4. The van der Waals surface area contributed by atoms with Gasteiger partial charge in [0.05, 0.1) is 11.4 Å². The monoisotopic (exact) mass is 332 g/mol. The minimum absolute atomic E-state index is 0.190. The number of hydrogen-bond acceptors (Lipinski definition) is 6. The van der Waals surface area contributed by atoms with Crippen molar-refractivity contribution in [3.63, 3.8) is 0 Å². The Kier molecular flexibility index (Phi) is 5.94. The van der Waals surface area contributed by atoms with Gasteiger partial charge in [-0.2, -0.15) is 0 Å². The zero-order valence-electron chi connectivity index (χ0n) is 10.4. The fourth-order valence-electron chi connectivity index (χ4n) is 1.07. The van der Waals surface area contributed by atoms with Crippen LogP contribution in [0.2, 0.25) is 15.5 Å². The molecule has 106 valence electrons. The van der Waals surface area contributed by atoms with Gasteiger partial charge in [-0.15, -0.1) is 0 Å². The number of nitrogens with two attached hydrogens (primary N) is 2. The van der Waals surface area contributed by atoms with E-state index in [0.29, 0.717) is 11.4 Å². The summed E-state index contributed by atoms with van der Waals surface area (Å²) in [5.41, 5.74) is 12.9. The molecule has 0 amide bonds. The van der Waals surface area contributed by atoms with E-state index in [9.17, 15) is 0 Å². The van der Waals surface area contributed by atoms with Crippen molar-refractivity contribution in [1.82, 2.24) is 19.9 Å². The third-order valence-corrected chi connectivity index (χ3v) is 2.93. The van der Waals surface area contributed by atoms with E-state index in [-0.39, 0.29) is 21.1 Å². The Morgan fingerprint density at radius 1 is 0.900 bits per heavy atom. The van der Waals surface area contributed by atoms with Crippen LogP contribution in [0, 0.1) is 0 Å². The third kappa shape index (κ3) is 4.19. The molecule has 0 radical (unpaired) electrons. The molecule has 2 rings (SSSR count). The lowest BCUT2D eigenvalue weighted by atomic mass is 10.2. The van der Waals surface area contributed by atoms with E-state index in [2.05, 4.69) is 26.5 Å². The highest BCUT2D eigenvalue weighted by Crippen LogP contribution is 2.22. The summed E-state index contributed by atoms with van der Waals surface area (Å²) in [6.07, 6.45) is 2.61. The SMILES string of the molecule is C=C(C)c1ncnc(Cl)c1N.Nc1c(Cl)ncnc1Cl. The number of aromatic nitrogens is 4. The van der Waals surface area contributed by atoms with E-state index in [1.807, 2.05) is 6.92 Å². The van der Waals surface area contributed by atoms with Crippen LogP contribution in [0.3, 0.4) is 0 Å². The average molecular weight is 334 g/mol. The summed E-state index contributed by atoms with van der Waals surface area (Å²) < 4.78 is 0. The predicted octanol–water partition coefficient (Wildman–Crippen LogP) is 3.11. The van der Waals surface area contributed by atoms with Gasteiger partial charge in [0.1, 0.15) is 18.3 Å². The first-order valence-corrected chi connectivity index (χ1v) is 6.31. The van der Waals surface area contributed by atoms with E-state index in [1.165, 1.54) is 12.7 Å². The van der Waals surface area contributed by atoms with Crippen LogP contribution in [-0.2, 0) is 0 Å². The second-order valence-electron chi connectivity index (χ2n) is 3.58. The molecule has 4 N–H and O–H groups in total. The predicted molar refractivity (Wildman–Crippen MR) is 82.6 cm³/mol. The molecule has 0 aliphatic rings. The van der Waals surface area contributed by atoms with Gasteiger partial charge in [-0.1, -0.05) is 41.4 Å². The van der Waals surface area contributed by atoms with Crippen LogP contribution in [0.5, 0.6) is 0 Å². The summed E-state index contributed by atoms with van der Waals surface area (Å²) in [6.45, 7) is 5.51. The van der Waals surface area contributed by atoms with Gasteiger partial charge in [0.25, 0.3) is 0 Å². The number of hydrogen-bond donors (Lipinski definition) is 2. The number of allylic oxidation sites excluding steroid dienone is 1. The van der Waals surface area contributed by atoms with Crippen LogP contribution in [0.1, 0.15) is 12.6 Å². The normalized spacial score (nSPS) is 9.60. The highest BCUT2D eigenvalue weighted by Gasteiger charge is 2.05. The second kappa shape index (κ2) is 7.23.